The lowest BCUT2D eigenvalue weighted by molar-refractivity contribution is -0.162. The molecule has 1 N–H and O–H groups in total. The number of hydrogen-bond acceptors (Lipinski definition) is 4. The summed E-state index contributed by atoms with van der Waals surface area (Å²) < 4.78 is 4.64. The largest absolute Gasteiger partial charge is 0.467 e. The number of ether oxygens (including phenoxy) is 1. The first-order valence-electron chi connectivity index (χ1n) is 6.63. The van der Waals surface area contributed by atoms with E-state index < -0.39 is 11.6 Å². The summed E-state index contributed by atoms with van der Waals surface area (Å²) in [5.74, 6) is -0.579. The van der Waals surface area contributed by atoms with Gasteiger partial charge in [0.05, 0.1) is 7.11 Å². The van der Waals surface area contributed by atoms with Crippen LogP contribution in [0.4, 0.5) is 0 Å². The minimum absolute atomic E-state index is 0.300. The monoisotopic (exact) mass is 263 g/mol. The topological polar surface area (TPSA) is 49.8 Å². The second-order valence-electron chi connectivity index (χ2n) is 5.35. The molecule has 1 atom stereocenters. The van der Waals surface area contributed by atoms with Gasteiger partial charge in [-0.2, -0.15) is 0 Å². The summed E-state index contributed by atoms with van der Waals surface area (Å²) in [5.41, 5.74) is 1.19. The van der Waals surface area contributed by atoms with Gasteiger partial charge in [0.2, 0.25) is 0 Å². The molecule has 1 aromatic rings. The fourth-order valence-corrected chi connectivity index (χ4v) is 2.62. The normalized spacial score (nSPS) is 19.1. The molecule has 0 aliphatic carbocycles. The number of carbonyl (C=O) groups is 1. The second kappa shape index (κ2) is 5.72. The van der Waals surface area contributed by atoms with Crippen molar-refractivity contribution in [2.75, 3.05) is 20.2 Å². The molecule has 0 aromatic heterocycles. The molecule has 4 nitrogen and oxygen atoms in total. The van der Waals surface area contributed by atoms with Crippen molar-refractivity contribution in [2.24, 2.45) is 0 Å². The maximum absolute atomic E-state index is 11.5. The standard InChI is InChI=1S/C15H21NO3/c1-15(18,14(17)19-2)11-16-9-5-8-12-6-3-4-7-13(12)10-16/h3-4,6-7,18H,5,8-11H2,1-2H3. The van der Waals surface area contributed by atoms with Crippen molar-refractivity contribution in [1.29, 1.82) is 0 Å². The molecule has 1 aliphatic heterocycles. The molecule has 0 amide bonds. The molecule has 0 spiro atoms. The van der Waals surface area contributed by atoms with Gasteiger partial charge >= 0.3 is 5.97 Å². The molecule has 1 unspecified atom stereocenters. The molecule has 0 saturated carbocycles. The molecule has 4 heteroatoms. The zero-order valence-corrected chi connectivity index (χ0v) is 11.6. The fourth-order valence-electron chi connectivity index (χ4n) is 2.62. The number of β-amino-alcohol motifs (C(OH)–C–C–N with tert-alkyl or cyclic N) is 1. The Bertz CT molecular complexity index is 456. The number of methoxy groups -OCH3 is 1. The Kier molecular flexibility index (Phi) is 4.22. The van der Waals surface area contributed by atoms with Gasteiger partial charge < -0.3 is 9.84 Å². The third-order valence-electron chi connectivity index (χ3n) is 3.59. The zero-order valence-electron chi connectivity index (χ0n) is 11.6. The van der Waals surface area contributed by atoms with E-state index in [1.54, 1.807) is 0 Å². The summed E-state index contributed by atoms with van der Waals surface area (Å²) >= 11 is 0. The lowest BCUT2D eigenvalue weighted by Crippen LogP contribution is -2.47. The molecule has 19 heavy (non-hydrogen) atoms. The Morgan fingerprint density at radius 3 is 2.79 bits per heavy atom. The van der Waals surface area contributed by atoms with Crippen LogP contribution in [0.25, 0.3) is 0 Å². The van der Waals surface area contributed by atoms with E-state index in [0.29, 0.717) is 6.54 Å². The van der Waals surface area contributed by atoms with Crippen LogP contribution >= 0.6 is 0 Å². The second-order valence-corrected chi connectivity index (χ2v) is 5.35. The minimum Gasteiger partial charge on any atom is -0.467 e. The van der Waals surface area contributed by atoms with Crippen LogP contribution in [0.2, 0.25) is 0 Å². The molecule has 104 valence electrons. The molecular formula is C15H21NO3. The Morgan fingerprint density at radius 2 is 2.11 bits per heavy atom. The van der Waals surface area contributed by atoms with Crippen LogP contribution in [-0.2, 0) is 22.5 Å². The van der Waals surface area contributed by atoms with Gasteiger partial charge in [-0.3, -0.25) is 4.90 Å². The number of fused-ring (bicyclic) bond motifs is 1. The summed E-state index contributed by atoms with van der Waals surface area (Å²) in [6.45, 7) is 3.45. The molecular weight excluding hydrogens is 242 g/mol. The highest BCUT2D eigenvalue weighted by Gasteiger charge is 2.34. The number of esters is 1. The highest BCUT2D eigenvalue weighted by molar-refractivity contribution is 5.78. The maximum atomic E-state index is 11.5. The van der Waals surface area contributed by atoms with Crippen molar-refractivity contribution in [3.05, 3.63) is 35.4 Å². The number of aliphatic hydroxyl groups is 1. The molecule has 2 rings (SSSR count). The first kappa shape index (κ1) is 14.0. The van der Waals surface area contributed by atoms with Crippen LogP contribution in [0, 0.1) is 0 Å². The van der Waals surface area contributed by atoms with Crippen molar-refractivity contribution in [3.8, 4) is 0 Å². The summed E-state index contributed by atoms with van der Waals surface area (Å²) in [6, 6.07) is 8.34. The summed E-state index contributed by atoms with van der Waals surface area (Å²) in [7, 11) is 1.30. The van der Waals surface area contributed by atoms with E-state index in [1.165, 1.54) is 25.2 Å². The van der Waals surface area contributed by atoms with Crippen molar-refractivity contribution in [3.63, 3.8) is 0 Å². The highest BCUT2D eigenvalue weighted by atomic mass is 16.5. The minimum atomic E-state index is -1.45. The Morgan fingerprint density at radius 1 is 1.42 bits per heavy atom. The zero-order chi connectivity index (χ0) is 13.9. The fraction of sp³-hybridized carbons (Fsp3) is 0.533. The maximum Gasteiger partial charge on any atom is 0.338 e. The van der Waals surface area contributed by atoms with Gasteiger partial charge in [0.1, 0.15) is 0 Å². The van der Waals surface area contributed by atoms with Crippen LogP contribution in [0.5, 0.6) is 0 Å². The lowest BCUT2D eigenvalue weighted by atomic mass is 10.0. The van der Waals surface area contributed by atoms with E-state index >= 15 is 0 Å². The quantitative estimate of drug-likeness (QED) is 0.837. The van der Waals surface area contributed by atoms with E-state index in [2.05, 4.69) is 27.8 Å². The highest BCUT2D eigenvalue weighted by Crippen LogP contribution is 2.20. The van der Waals surface area contributed by atoms with Crippen LogP contribution in [0.15, 0.2) is 24.3 Å². The van der Waals surface area contributed by atoms with Gasteiger partial charge in [-0.25, -0.2) is 4.79 Å². The number of benzene rings is 1. The lowest BCUT2D eigenvalue weighted by Gasteiger charge is -2.28. The molecule has 1 aliphatic rings. The predicted octanol–water partition coefficient (Wildman–Crippen LogP) is 1.36. The van der Waals surface area contributed by atoms with Crippen molar-refractivity contribution in [1.82, 2.24) is 4.90 Å². The smallest absolute Gasteiger partial charge is 0.338 e. The first-order valence-corrected chi connectivity index (χ1v) is 6.63. The molecule has 0 radical (unpaired) electrons. The van der Waals surface area contributed by atoms with Crippen molar-refractivity contribution in [2.45, 2.75) is 31.9 Å². The van der Waals surface area contributed by atoms with Crippen LogP contribution in [0.3, 0.4) is 0 Å². The summed E-state index contributed by atoms with van der Waals surface area (Å²) in [5, 5.41) is 10.2. The number of carbonyl (C=O) groups excluding carboxylic acids is 1. The summed E-state index contributed by atoms with van der Waals surface area (Å²) in [4.78, 5) is 13.7. The predicted molar refractivity (Wildman–Crippen MR) is 72.7 cm³/mol. The van der Waals surface area contributed by atoms with Crippen LogP contribution < -0.4 is 0 Å². The SMILES string of the molecule is COC(=O)C(C)(O)CN1CCCc2ccccc2C1. The average molecular weight is 263 g/mol. The molecule has 1 aromatic carbocycles. The van der Waals surface area contributed by atoms with Crippen molar-refractivity contribution >= 4 is 5.97 Å². The van der Waals surface area contributed by atoms with E-state index in [1.807, 2.05) is 6.07 Å². The molecule has 1 heterocycles. The number of nitrogens with zero attached hydrogens (tertiary/aromatic N) is 1. The van der Waals surface area contributed by atoms with E-state index in [4.69, 9.17) is 0 Å². The number of hydrogen-bond donors (Lipinski definition) is 1. The van der Waals surface area contributed by atoms with Gasteiger partial charge in [0.25, 0.3) is 0 Å². The van der Waals surface area contributed by atoms with Crippen molar-refractivity contribution < 1.29 is 14.6 Å². The van der Waals surface area contributed by atoms with Gasteiger partial charge in [-0.1, -0.05) is 24.3 Å². The van der Waals surface area contributed by atoms with Gasteiger partial charge in [-0.05, 0) is 37.4 Å². The van der Waals surface area contributed by atoms with Gasteiger partial charge in [0.15, 0.2) is 5.60 Å². The third-order valence-corrected chi connectivity index (χ3v) is 3.59. The molecule has 0 fully saturated rings. The number of rotatable bonds is 3. The van der Waals surface area contributed by atoms with Gasteiger partial charge in [-0.15, -0.1) is 0 Å². The van der Waals surface area contributed by atoms with E-state index in [9.17, 15) is 9.90 Å². The number of aryl methyl sites for hydroxylation is 1. The molecule has 0 bridgehead atoms. The van der Waals surface area contributed by atoms with Gasteiger partial charge in [0, 0.05) is 13.1 Å². The Hall–Kier alpha value is -1.39. The Labute approximate surface area is 114 Å². The van der Waals surface area contributed by atoms with E-state index in [0.717, 1.165) is 25.9 Å². The summed E-state index contributed by atoms with van der Waals surface area (Å²) in [6.07, 6.45) is 2.08. The van der Waals surface area contributed by atoms with Crippen LogP contribution in [-0.4, -0.2) is 41.8 Å². The Balaban J connectivity index is 2.09. The third kappa shape index (κ3) is 3.33. The van der Waals surface area contributed by atoms with Crippen LogP contribution in [0.1, 0.15) is 24.5 Å². The molecule has 0 saturated heterocycles. The average Bonchev–Trinajstić information content (AvgIpc) is 2.58. The first-order chi connectivity index (χ1) is 9.03. The van der Waals surface area contributed by atoms with E-state index in [-0.39, 0.29) is 0 Å².